The Hall–Kier alpha value is -0.850. The van der Waals surface area contributed by atoms with E-state index < -0.39 is 20.0 Å². The van der Waals surface area contributed by atoms with Gasteiger partial charge in [-0.25, -0.2) is 31.3 Å². The standard InChI is InChI=1S/C11H15N3O4S4/c1-8-14-9(7-19-8)10-3-4-11(20-10)22(17,18)13-5-6-21(15,16)12-2/h3-4,7,12-13H,5-6H2,1-2H3. The van der Waals surface area contributed by atoms with Gasteiger partial charge in [-0.05, 0) is 26.1 Å². The van der Waals surface area contributed by atoms with Crippen molar-refractivity contribution in [1.29, 1.82) is 0 Å². The minimum atomic E-state index is -3.72. The normalized spacial score (nSPS) is 12.6. The Labute approximate surface area is 137 Å². The SMILES string of the molecule is CNS(=O)(=O)CCNS(=O)(=O)c1ccc(-c2csc(C)n2)s1. The Bertz CT molecular complexity index is 852. The maximum atomic E-state index is 12.1. The number of rotatable bonds is 7. The molecule has 2 heterocycles. The van der Waals surface area contributed by atoms with E-state index in [9.17, 15) is 16.8 Å². The lowest BCUT2D eigenvalue weighted by Gasteiger charge is -2.05. The van der Waals surface area contributed by atoms with Crippen LogP contribution < -0.4 is 9.44 Å². The summed E-state index contributed by atoms with van der Waals surface area (Å²) in [6, 6.07) is 3.18. The minimum absolute atomic E-state index is 0.134. The van der Waals surface area contributed by atoms with Crippen molar-refractivity contribution in [3.05, 3.63) is 22.5 Å². The van der Waals surface area contributed by atoms with Crippen LogP contribution in [0.1, 0.15) is 5.01 Å². The van der Waals surface area contributed by atoms with E-state index in [-0.39, 0.29) is 16.5 Å². The molecule has 2 aromatic heterocycles. The Morgan fingerprint density at radius 2 is 1.95 bits per heavy atom. The molecule has 0 spiro atoms. The highest BCUT2D eigenvalue weighted by Crippen LogP contribution is 2.31. The Balaban J connectivity index is 2.09. The predicted molar refractivity (Wildman–Crippen MR) is 88.2 cm³/mol. The second-order valence-electron chi connectivity index (χ2n) is 4.29. The molecule has 0 saturated heterocycles. The second kappa shape index (κ2) is 6.72. The van der Waals surface area contributed by atoms with Crippen molar-refractivity contribution in [2.24, 2.45) is 0 Å². The maximum Gasteiger partial charge on any atom is 0.250 e. The lowest BCUT2D eigenvalue weighted by Crippen LogP contribution is -2.32. The molecule has 0 fully saturated rings. The Morgan fingerprint density at radius 1 is 1.23 bits per heavy atom. The molecule has 2 aromatic rings. The van der Waals surface area contributed by atoms with Gasteiger partial charge in [-0.1, -0.05) is 0 Å². The molecule has 11 heteroatoms. The van der Waals surface area contributed by atoms with Crippen LogP contribution in [0.4, 0.5) is 0 Å². The van der Waals surface area contributed by atoms with Crippen molar-refractivity contribution in [3.8, 4) is 10.6 Å². The van der Waals surface area contributed by atoms with E-state index in [0.29, 0.717) is 0 Å². The lowest BCUT2D eigenvalue weighted by molar-refractivity contribution is 0.580. The molecule has 0 saturated carbocycles. The van der Waals surface area contributed by atoms with Gasteiger partial charge in [0.2, 0.25) is 20.0 Å². The molecule has 122 valence electrons. The molecule has 2 N–H and O–H groups in total. The summed E-state index contributed by atoms with van der Waals surface area (Å²) in [6.45, 7) is 1.69. The summed E-state index contributed by atoms with van der Waals surface area (Å²) < 4.78 is 51.3. The first kappa shape index (κ1) is 17.5. The van der Waals surface area contributed by atoms with E-state index in [1.54, 1.807) is 6.07 Å². The molecule has 0 radical (unpaired) electrons. The molecule has 0 bridgehead atoms. The average molecular weight is 382 g/mol. The van der Waals surface area contributed by atoms with Crippen molar-refractivity contribution in [3.63, 3.8) is 0 Å². The molecule has 2 rings (SSSR count). The van der Waals surface area contributed by atoms with Gasteiger partial charge in [0.05, 0.1) is 21.3 Å². The van der Waals surface area contributed by atoms with Crippen LogP contribution in [0.15, 0.2) is 21.7 Å². The number of nitrogens with zero attached hydrogens (tertiary/aromatic N) is 1. The van der Waals surface area contributed by atoms with Crippen LogP contribution in [-0.4, -0.2) is 41.2 Å². The quantitative estimate of drug-likeness (QED) is 0.745. The van der Waals surface area contributed by atoms with Crippen molar-refractivity contribution < 1.29 is 16.8 Å². The number of thiophene rings is 1. The number of hydrogen-bond donors (Lipinski definition) is 2. The molecule has 0 atom stereocenters. The summed E-state index contributed by atoms with van der Waals surface area (Å²) >= 11 is 2.59. The van der Waals surface area contributed by atoms with E-state index in [1.165, 1.54) is 24.5 Å². The highest BCUT2D eigenvalue weighted by atomic mass is 32.2. The van der Waals surface area contributed by atoms with Gasteiger partial charge < -0.3 is 0 Å². The summed E-state index contributed by atoms with van der Waals surface area (Å²) in [5.41, 5.74) is 0.742. The zero-order valence-electron chi connectivity index (χ0n) is 11.9. The Kier molecular flexibility index (Phi) is 5.35. The van der Waals surface area contributed by atoms with Crippen molar-refractivity contribution in [1.82, 2.24) is 14.4 Å². The number of nitrogens with one attached hydrogen (secondary N) is 2. The van der Waals surface area contributed by atoms with Gasteiger partial charge in [0.25, 0.3) is 0 Å². The second-order valence-corrected chi connectivity index (χ2v) is 10.5. The van der Waals surface area contributed by atoms with Gasteiger partial charge in [0.1, 0.15) is 4.21 Å². The largest absolute Gasteiger partial charge is 0.250 e. The smallest absolute Gasteiger partial charge is 0.241 e. The summed E-state index contributed by atoms with van der Waals surface area (Å²) in [5, 5.41) is 2.77. The third kappa shape index (κ3) is 4.33. The van der Waals surface area contributed by atoms with Crippen LogP contribution in [0.5, 0.6) is 0 Å². The van der Waals surface area contributed by atoms with Crippen molar-refractivity contribution >= 4 is 42.7 Å². The van der Waals surface area contributed by atoms with Gasteiger partial charge in [0, 0.05) is 11.9 Å². The molecular weight excluding hydrogens is 366 g/mol. The topological polar surface area (TPSA) is 105 Å². The summed E-state index contributed by atoms with van der Waals surface area (Å²) in [4.78, 5) is 5.06. The number of sulfonamides is 2. The third-order valence-electron chi connectivity index (χ3n) is 2.69. The zero-order chi connectivity index (χ0) is 16.4. The molecule has 0 aromatic carbocycles. The Morgan fingerprint density at radius 3 is 2.55 bits per heavy atom. The average Bonchev–Trinajstić information content (AvgIpc) is 3.07. The molecule has 0 amide bonds. The van der Waals surface area contributed by atoms with E-state index in [4.69, 9.17) is 0 Å². The van der Waals surface area contributed by atoms with Crippen LogP contribution in [-0.2, 0) is 20.0 Å². The molecule has 22 heavy (non-hydrogen) atoms. The number of aryl methyl sites for hydroxylation is 1. The summed E-state index contributed by atoms with van der Waals surface area (Å²) in [5.74, 6) is -0.313. The molecule has 0 unspecified atom stereocenters. The van der Waals surface area contributed by atoms with E-state index in [0.717, 1.165) is 26.9 Å². The highest BCUT2D eigenvalue weighted by Gasteiger charge is 2.19. The number of hydrogen-bond acceptors (Lipinski definition) is 7. The van der Waals surface area contributed by atoms with E-state index in [1.807, 2.05) is 12.3 Å². The molecule has 7 nitrogen and oxygen atoms in total. The monoisotopic (exact) mass is 381 g/mol. The first-order valence-corrected chi connectivity index (χ1v) is 11.0. The van der Waals surface area contributed by atoms with E-state index in [2.05, 4.69) is 14.4 Å². The first-order chi connectivity index (χ1) is 10.2. The van der Waals surface area contributed by atoms with Crippen LogP contribution in [0, 0.1) is 6.92 Å². The van der Waals surface area contributed by atoms with Crippen LogP contribution in [0.3, 0.4) is 0 Å². The van der Waals surface area contributed by atoms with Gasteiger partial charge >= 0.3 is 0 Å². The van der Waals surface area contributed by atoms with Crippen LogP contribution >= 0.6 is 22.7 Å². The van der Waals surface area contributed by atoms with Gasteiger partial charge in [-0.3, -0.25) is 0 Å². The highest BCUT2D eigenvalue weighted by molar-refractivity contribution is 7.92. The molecule has 0 aliphatic rings. The van der Waals surface area contributed by atoms with Gasteiger partial charge in [-0.2, -0.15) is 0 Å². The predicted octanol–water partition coefficient (Wildman–Crippen LogP) is 1.01. The van der Waals surface area contributed by atoms with Gasteiger partial charge in [-0.15, -0.1) is 22.7 Å². The number of thiazole rings is 1. The lowest BCUT2D eigenvalue weighted by atomic mass is 10.4. The van der Waals surface area contributed by atoms with Crippen molar-refractivity contribution in [2.45, 2.75) is 11.1 Å². The molecular formula is C11H15N3O4S4. The number of aromatic nitrogens is 1. The fourth-order valence-electron chi connectivity index (χ4n) is 1.56. The fraction of sp³-hybridized carbons (Fsp3) is 0.364. The van der Waals surface area contributed by atoms with E-state index >= 15 is 0 Å². The summed E-state index contributed by atoms with van der Waals surface area (Å²) in [7, 11) is -5.88. The minimum Gasteiger partial charge on any atom is -0.241 e. The van der Waals surface area contributed by atoms with Gasteiger partial charge in [0.15, 0.2) is 0 Å². The van der Waals surface area contributed by atoms with Crippen LogP contribution in [0.2, 0.25) is 0 Å². The fourth-order valence-corrected chi connectivity index (χ4v) is 5.30. The summed E-state index contributed by atoms with van der Waals surface area (Å²) in [6.07, 6.45) is 0. The third-order valence-corrected chi connectivity index (χ3v) is 7.89. The molecule has 0 aliphatic heterocycles. The first-order valence-electron chi connectivity index (χ1n) is 6.17. The zero-order valence-corrected chi connectivity index (χ0v) is 15.1. The molecule has 0 aliphatic carbocycles. The van der Waals surface area contributed by atoms with Crippen molar-refractivity contribution in [2.75, 3.05) is 19.3 Å². The maximum absolute atomic E-state index is 12.1. The van der Waals surface area contributed by atoms with Crippen LogP contribution in [0.25, 0.3) is 10.6 Å².